The van der Waals surface area contributed by atoms with E-state index in [0.717, 1.165) is 18.2 Å². The molecular formula is C12H9ClN4O6. The van der Waals surface area contributed by atoms with Gasteiger partial charge in [0.2, 0.25) is 11.9 Å². The Labute approximate surface area is 133 Å². The van der Waals surface area contributed by atoms with Gasteiger partial charge in [0, 0.05) is 30.4 Å². The average molecular weight is 341 g/mol. The number of carboxylic acid groups (broad SMARTS) is 2. The number of amides is 2. The molecule has 0 saturated carbocycles. The first kappa shape index (κ1) is 17.8. The van der Waals surface area contributed by atoms with E-state index in [-0.39, 0.29) is 16.9 Å². The van der Waals surface area contributed by atoms with Crippen molar-refractivity contribution in [2.75, 3.05) is 10.6 Å². The molecule has 0 saturated heterocycles. The molecule has 0 unspecified atom stereocenters. The number of aromatic nitrogens is 2. The third-order valence-corrected chi connectivity index (χ3v) is 2.13. The molecule has 4 N–H and O–H groups in total. The maximum absolute atomic E-state index is 11.4. The topological polar surface area (TPSA) is 159 Å². The minimum absolute atomic E-state index is 0.0949. The number of halogens is 1. The van der Waals surface area contributed by atoms with Crippen molar-refractivity contribution in [3.63, 3.8) is 0 Å². The van der Waals surface area contributed by atoms with Crippen molar-refractivity contribution < 1.29 is 29.4 Å². The van der Waals surface area contributed by atoms with E-state index in [9.17, 15) is 19.2 Å². The zero-order valence-electron chi connectivity index (χ0n) is 11.2. The Balaban J connectivity index is 2.83. The number of aliphatic carboxylic acids is 2. The fourth-order valence-corrected chi connectivity index (χ4v) is 1.33. The van der Waals surface area contributed by atoms with Gasteiger partial charge in [-0.15, -0.1) is 0 Å². The quantitative estimate of drug-likeness (QED) is 0.424. The second-order valence-corrected chi connectivity index (χ2v) is 4.11. The Bertz CT molecular complexity index is 659. The molecule has 120 valence electrons. The van der Waals surface area contributed by atoms with Crippen molar-refractivity contribution in [3.8, 4) is 0 Å². The molecule has 10 nitrogen and oxygen atoms in total. The van der Waals surface area contributed by atoms with E-state index in [1.807, 2.05) is 0 Å². The number of carboxylic acids is 2. The lowest BCUT2D eigenvalue weighted by Gasteiger charge is -2.05. The number of hydrogen-bond acceptors (Lipinski definition) is 6. The summed E-state index contributed by atoms with van der Waals surface area (Å²) in [5.74, 6) is -4.61. The second-order valence-electron chi connectivity index (χ2n) is 3.72. The van der Waals surface area contributed by atoms with Gasteiger partial charge in [-0.1, -0.05) is 11.6 Å². The molecule has 23 heavy (non-hydrogen) atoms. The zero-order valence-corrected chi connectivity index (χ0v) is 11.9. The van der Waals surface area contributed by atoms with Gasteiger partial charge in [0.1, 0.15) is 11.0 Å². The molecule has 1 aromatic heterocycles. The highest BCUT2D eigenvalue weighted by Crippen LogP contribution is 2.14. The molecule has 0 aromatic carbocycles. The van der Waals surface area contributed by atoms with Crippen LogP contribution in [0.15, 0.2) is 30.4 Å². The maximum Gasteiger partial charge on any atom is 0.328 e. The Kier molecular flexibility index (Phi) is 6.37. The lowest BCUT2D eigenvalue weighted by atomic mass is 10.4. The molecule has 11 heteroatoms. The molecule has 1 heterocycles. The Morgan fingerprint density at radius 3 is 1.96 bits per heavy atom. The SMILES string of the molecule is O=C(O)/C=C\C(=O)Nc1cc(Cl)nc(NC(=O)/C=C\C(=O)O)n1. The van der Waals surface area contributed by atoms with E-state index in [2.05, 4.69) is 20.6 Å². The van der Waals surface area contributed by atoms with Crippen LogP contribution in [0.3, 0.4) is 0 Å². The summed E-state index contributed by atoms with van der Waals surface area (Å²) in [6, 6.07) is 1.16. The molecule has 1 aromatic rings. The molecule has 0 aliphatic heterocycles. The summed E-state index contributed by atoms with van der Waals surface area (Å²) in [4.78, 5) is 50.8. The van der Waals surface area contributed by atoms with Crippen LogP contribution in [0, 0.1) is 0 Å². The van der Waals surface area contributed by atoms with Gasteiger partial charge in [-0.05, 0) is 0 Å². The molecule has 2 amide bonds. The number of carbonyl (C=O) groups excluding carboxylic acids is 2. The largest absolute Gasteiger partial charge is 0.478 e. The smallest absolute Gasteiger partial charge is 0.328 e. The minimum Gasteiger partial charge on any atom is -0.478 e. The van der Waals surface area contributed by atoms with E-state index >= 15 is 0 Å². The predicted molar refractivity (Wildman–Crippen MR) is 77.9 cm³/mol. The summed E-state index contributed by atoms with van der Waals surface area (Å²) in [6.07, 6.45) is 2.73. The molecule has 1 rings (SSSR count). The lowest BCUT2D eigenvalue weighted by molar-refractivity contribution is -0.132. The van der Waals surface area contributed by atoms with Gasteiger partial charge in [-0.2, -0.15) is 4.98 Å². The van der Waals surface area contributed by atoms with Crippen molar-refractivity contribution in [1.82, 2.24) is 9.97 Å². The number of anilines is 2. The summed E-state index contributed by atoms with van der Waals surface area (Å²) in [6.45, 7) is 0. The highest BCUT2D eigenvalue weighted by Gasteiger charge is 2.08. The van der Waals surface area contributed by atoms with Crippen LogP contribution in [0.4, 0.5) is 11.8 Å². The number of nitrogens with one attached hydrogen (secondary N) is 2. The summed E-state index contributed by atoms with van der Waals surface area (Å²) in [5.41, 5.74) is 0. The first-order valence-electron chi connectivity index (χ1n) is 5.75. The fraction of sp³-hybridized carbons (Fsp3) is 0. The van der Waals surface area contributed by atoms with E-state index in [4.69, 9.17) is 21.8 Å². The number of carbonyl (C=O) groups is 4. The van der Waals surface area contributed by atoms with Crippen molar-refractivity contribution in [2.45, 2.75) is 0 Å². The van der Waals surface area contributed by atoms with E-state index in [1.54, 1.807) is 0 Å². The Morgan fingerprint density at radius 2 is 1.43 bits per heavy atom. The predicted octanol–water partition coefficient (Wildman–Crippen LogP) is 0.289. The maximum atomic E-state index is 11.4. The second kappa shape index (κ2) is 8.24. The first-order valence-corrected chi connectivity index (χ1v) is 6.12. The zero-order chi connectivity index (χ0) is 17.4. The summed E-state index contributed by atoms with van der Waals surface area (Å²) in [7, 11) is 0. The van der Waals surface area contributed by atoms with Crippen LogP contribution < -0.4 is 10.6 Å². The van der Waals surface area contributed by atoms with Gasteiger partial charge in [0.15, 0.2) is 0 Å². The number of rotatable bonds is 6. The summed E-state index contributed by atoms with van der Waals surface area (Å²) in [5, 5.41) is 21.0. The van der Waals surface area contributed by atoms with Crippen LogP contribution in [0.25, 0.3) is 0 Å². The van der Waals surface area contributed by atoms with Crippen molar-refractivity contribution in [3.05, 3.63) is 35.5 Å². The fourth-order valence-electron chi connectivity index (χ4n) is 1.15. The summed E-state index contributed by atoms with van der Waals surface area (Å²) < 4.78 is 0. The van der Waals surface area contributed by atoms with E-state index < -0.39 is 23.8 Å². The highest BCUT2D eigenvalue weighted by atomic mass is 35.5. The average Bonchev–Trinajstić information content (AvgIpc) is 2.42. The molecule has 0 aliphatic carbocycles. The number of nitrogens with zero attached hydrogens (tertiary/aromatic N) is 2. The molecule has 0 bridgehead atoms. The standard InChI is InChI=1S/C12H9ClN4O6/c13-6-5-7(15-8(18)1-3-10(20)21)16-12(14-6)17-9(19)2-4-11(22)23/h1-5H,(H,20,21)(H,22,23)(H2,14,15,16,17,18,19)/b3-1-,4-2-. The minimum atomic E-state index is -1.31. The van der Waals surface area contributed by atoms with Gasteiger partial charge in [-0.3, -0.25) is 14.9 Å². The molecule has 0 spiro atoms. The summed E-state index contributed by atoms with van der Waals surface area (Å²) >= 11 is 5.69. The third kappa shape index (κ3) is 7.34. The molecule has 0 fully saturated rings. The number of hydrogen-bond donors (Lipinski definition) is 4. The van der Waals surface area contributed by atoms with Crippen LogP contribution in [0.5, 0.6) is 0 Å². The molecule has 0 radical (unpaired) electrons. The molecule has 0 atom stereocenters. The van der Waals surface area contributed by atoms with E-state index in [1.165, 1.54) is 0 Å². The van der Waals surface area contributed by atoms with Crippen LogP contribution in [0.2, 0.25) is 5.15 Å². The van der Waals surface area contributed by atoms with Gasteiger partial charge in [0.25, 0.3) is 5.91 Å². The highest BCUT2D eigenvalue weighted by molar-refractivity contribution is 6.29. The van der Waals surface area contributed by atoms with Crippen LogP contribution in [-0.4, -0.2) is 43.9 Å². The van der Waals surface area contributed by atoms with E-state index in [0.29, 0.717) is 12.2 Å². The van der Waals surface area contributed by atoms with Gasteiger partial charge in [0.05, 0.1) is 0 Å². The van der Waals surface area contributed by atoms with Crippen molar-refractivity contribution in [2.24, 2.45) is 0 Å². The van der Waals surface area contributed by atoms with Gasteiger partial charge in [-0.25, -0.2) is 14.6 Å². The normalized spacial score (nSPS) is 10.7. The Morgan fingerprint density at radius 1 is 0.913 bits per heavy atom. The van der Waals surface area contributed by atoms with Gasteiger partial charge >= 0.3 is 11.9 Å². The molecule has 0 aliphatic rings. The van der Waals surface area contributed by atoms with Crippen LogP contribution in [-0.2, 0) is 19.2 Å². The molecular weight excluding hydrogens is 332 g/mol. The van der Waals surface area contributed by atoms with Crippen LogP contribution in [0.1, 0.15) is 0 Å². The lowest BCUT2D eigenvalue weighted by Crippen LogP contribution is -2.14. The monoisotopic (exact) mass is 340 g/mol. The first-order chi connectivity index (χ1) is 10.8. The third-order valence-electron chi connectivity index (χ3n) is 1.94. The van der Waals surface area contributed by atoms with Gasteiger partial charge < -0.3 is 15.5 Å². The van der Waals surface area contributed by atoms with Crippen molar-refractivity contribution >= 4 is 47.1 Å². The Hall–Kier alpha value is -3.27. The van der Waals surface area contributed by atoms with Crippen LogP contribution >= 0.6 is 11.6 Å². The van der Waals surface area contributed by atoms with Crippen molar-refractivity contribution in [1.29, 1.82) is 0 Å².